The molecule has 2 heterocycles. The molecule has 0 radical (unpaired) electrons. The van der Waals surface area contributed by atoms with Gasteiger partial charge in [-0.15, -0.1) is 0 Å². The number of methoxy groups -OCH3 is 1. The van der Waals surface area contributed by atoms with E-state index in [1.165, 1.54) is 0 Å². The zero-order chi connectivity index (χ0) is 17.0. The van der Waals surface area contributed by atoms with Crippen molar-refractivity contribution in [1.82, 2.24) is 20.3 Å². The molecule has 0 bridgehead atoms. The Morgan fingerprint density at radius 1 is 1.48 bits per heavy atom. The third-order valence-corrected chi connectivity index (χ3v) is 4.02. The van der Waals surface area contributed by atoms with Crippen molar-refractivity contribution in [3.05, 3.63) is 23.7 Å². The van der Waals surface area contributed by atoms with Crippen molar-refractivity contribution in [1.29, 1.82) is 0 Å². The Morgan fingerprint density at radius 2 is 2.22 bits per heavy atom. The zero-order valence-electron chi connectivity index (χ0n) is 14.6. The van der Waals surface area contributed by atoms with Crippen molar-refractivity contribution < 1.29 is 9.53 Å². The first kappa shape index (κ1) is 17.4. The fraction of sp³-hybridized carbons (Fsp3) is 0.588. The Labute approximate surface area is 137 Å². The van der Waals surface area contributed by atoms with E-state index in [1.807, 2.05) is 13.8 Å². The second-order valence-electron chi connectivity index (χ2n) is 6.78. The Morgan fingerprint density at radius 3 is 2.87 bits per heavy atom. The largest absolute Gasteiger partial charge is 0.384 e. The van der Waals surface area contributed by atoms with E-state index < -0.39 is 0 Å². The fourth-order valence-electron chi connectivity index (χ4n) is 2.38. The second kappa shape index (κ2) is 7.08. The highest BCUT2D eigenvalue weighted by molar-refractivity contribution is 6.04. The molecular formula is C17H26N4O2. The summed E-state index contributed by atoms with van der Waals surface area (Å²) in [6.45, 7) is 9.43. The van der Waals surface area contributed by atoms with E-state index in [1.54, 1.807) is 19.5 Å². The van der Waals surface area contributed by atoms with E-state index >= 15 is 0 Å². The van der Waals surface area contributed by atoms with Crippen LogP contribution in [0.5, 0.6) is 0 Å². The lowest BCUT2D eigenvalue weighted by Crippen LogP contribution is -2.36. The number of rotatable bonds is 7. The maximum atomic E-state index is 12.5. The summed E-state index contributed by atoms with van der Waals surface area (Å²) in [6.07, 6.45) is 4.43. The molecule has 0 saturated carbocycles. The van der Waals surface area contributed by atoms with E-state index in [4.69, 9.17) is 4.74 Å². The number of nitrogens with zero attached hydrogens (tertiary/aromatic N) is 2. The van der Waals surface area contributed by atoms with Crippen molar-refractivity contribution in [2.75, 3.05) is 20.3 Å². The van der Waals surface area contributed by atoms with Crippen LogP contribution in [0.3, 0.4) is 0 Å². The van der Waals surface area contributed by atoms with Gasteiger partial charge in [0.15, 0.2) is 5.65 Å². The lowest BCUT2D eigenvalue weighted by atomic mass is 9.95. The molecular weight excluding hydrogens is 292 g/mol. The Hall–Kier alpha value is -1.95. The van der Waals surface area contributed by atoms with E-state index in [0.717, 1.165) is 12.1 Å². The molecule has 0 aliphatic carbocycles. The predicted molar refractivity (Wildman–Crippen MR) is 90.6 cm³/mol. The number of nitrogens with one attached hydrogen (secondary N) is 2. The highest BCUT2D eigenvalue weighted by atomic mass is 16.5. The maximum absolute atomic E-state index is 12.5. The van der Waals surface area contributed by atoms with Gasteiger partial charge in [-0.2, -0.15) is 0 Å². The monoisotopic (exact) mass is 318 g/mol. The van der Waals surface area contributed by atoms with Crippen molar-refractivity contribution in [3.63, 3.8) is 0 Å². The van der Waals surface area contributed by atoms with Gasteiger partial charge in [-0.1, -0.05) is 27.7 Å². The first-order valence-corrected chi connectivity index (χ1v) is 7.99. The normalized spacial score (nSPS) is 13.3. The summed E-state index contributed by atoms with van der Waals surface area (Å²) in [4.78, 5) is 24.5. The van der Waals surface area contributed by atoms with Gasteiger partial charge in [0, 0.05) is 25.3 Å². The molecule has 1 amide bonds. The van der Waals surface area contributed by atoms with Crippen LogP contribution in [0.4, 0.5) is 0 Å². The van der Waals surface area contributed by atoms with Gasteiger partial charge in [0.05, 0.1) is 24.1 Å². The number of carbonyl (C=O) groups is 1. The van der Waals surface area contributed by atoms with E-state index in [2.05, 4.69) is 34.1 Å². The summed E-state index contributed by atoms with van der Waals surface area (Å²) in [5.74, 6) is 0.175. The van der Waals surface area contributed by atoms with Crippen molar-refractivity contribution >= 4 is 17.1 Å². The first-order valence-electron chi connectivity index (χ1n) is 7.99. The number of fused-ring (bicyclic) bond motifs is 1. The number of amides is 1. The first-order chi connectivity index (χ1) is 10.9. The van der Waals surface area contributed by atoms with Gasteiger partial charge in [0.25, 0.3) is 5.91 Å². The van der Waals surface area contributed by atoms with Gasteiger partial charge >= 0.3 is 0 Å². The standard InChI is InChI=1S/C17H26N4O2/c1-6-11(2)13-8-19-15-14(21-13)12(7-18-15)16(22)20-9-17(3,4)10-23-5/h7-8,11H,6,9-10H2,1-5H3,(H,18,19)(H,20,22). The number of hydrogen-bond acceptors (Lipinski definition) is 4. The van der Waals surface area contributed by atoms with Crippen LogP contribution in [-0.4, -0.2) is 41.1 Å². The molecule has 2 aromatic rings. The number of hydrogen-bond donors (Lipinski definition) is 2. The van der Waals surface area contributed by atoms with Gasteiger partial charge in [-0.25, -0.2) is 9.97 Å². The summed E-state index contributed by atoms with van der Waals surface area (Å²) in [5, 5.41) is 2.96. The predicted octanol–water partition coefficient (Wildman–Crippen LogP) is 2.87. The molecule has 0 aromatic carbocycles. The number of ether oxygens (including phenoxy) is 1. The molecule has 6 nitrogen and oxygen atoms in total. The van der Waals surface area contributed by atoms with Crippen molar-refractivity contribution in [2.45, 2.75) is 40.0 Å². The van der Waals surface area contributed by atoms with Crippen LogP contribution in [0.1, 0.15) is 56.1 Å². The van der Waals surface area contributed by atoms with Crippen molar-refractivity contribution in [2.24, 2.45) is 5.41 Å². The lowest BCUT2D eigenvalue weighted by molar-refractivity contribution is 0.0848. The zero-order valence-corrected chi connectivity index (χ0v) is 14.6. The topological polar surface area (TPSA) is 79.9 Å². The van der Waals surface area contributed by atoms with Crippen LogP contribution in [0.15, 0.2) is 12.4 Å². The molecule has 0 fully saturated rings. The number of carbonyl (C=O) groups excluding carboxylic acids is 1. The minimum absolute atomic E-state index is 0.121. The number of aromatic nitrogens is 3. The average Bonchev–Trinajstić information content (AvgIpc) is 2.95. The molecule has 1 unspecified atom stereocenters. The molecule has 0 spiro atoms. The minimum atomic E-state index is -0.143. The smallest absolute Gasteiger partial charge is 0.255 e. The van der Waals surface area contributed by atoms with Crippen LogP contribution >= 0.6 is 0 Å². The van der Waals surface area contributed by atoms with Crippen molar-refractivity contribution in [3.8, 4) is 0 Å². The lowest BCUT2D eigenvalue weighted by Gasteiger charge is -2.23. The SMILES string of the molecule is CCC(C)c1cnc2[nH]cc(C(=O)NCC(C)(C)COC)c2n1. The molecule has 0 saturated heterocycles. The number of aromatic amines is 1. The van der Waals surface area contributed by atoms with Crippen LogP contribution in [-0.2, 0) is 4.74 Å². The second-order valence-corrected chi connectivity index (χ2v) is 6.78. The van der Waals surface area contributed by atoms with E-state index in [0.29, 0.717) is 35.8 Å². The molecule has 2 N–H and O–H groups in total. The molecule has 2 rings (SSSR count). The summed E-state index contributed by atoms with van der Waals surface area (Å²) in [6, 6.07) is 0. The summed E-state index contributed by atoms with van der Waals surface area (Å²) in [5.41, 5.74) is 2.59. The molecule has 6 heteroatoms. The molecule has 126 valence electrons. The van der Waals surface area contributed by atoms with E-state index in [9.17, 15) is 4.79 Å². The molecule has 0 aliphatic rings. The van der Waals surface area contributed by atoms with Gasteiger partial charge in [-0.05, 0) is 12.3 Å². The highest BCUT2D eigenvalue weighted by Crippen LogP contribution is 2.21. The van der Waals surface area contributed by atoms with E-state index in [-0.39, 0.29) is 11.3 Å². The summed E-state index contributed by atoms with van der Waals surface area (Å²) in [7, 11) is 1.66. The maximum Gasteiger partial charge on any atom is 0.255 e. The molecule has 1 atom stereocenters. The fourth-order valence-corrected chi connectivity index (χ4v) is 2.38. The molecule has 2 aromatic heterocycles. The van der Waals surface area contributed by atoms with Crippen LogP contribution in [0, 0.1) is 5.41 Å². The quantitative estimate of drug-likeness (QED) is 0.822. The third kappa shape index (κ3) is 4.07. The minimum Gasteiger partial charge on any atom is -0.384 e. The van der Waals surface area contributed by atoms with Gasteiger partial charge < -0.3 is 15.0 Å². The average molecular weight is 318 g/mol. The van der Waals surface area contributed by atoms with Gasteiger partial charge in [-0.3, -0.25) is 4.79 Å². The van der Waals surface area contributed by atoms with Gasteiger partial charge in [0.2, 0.25) is 0 Å². The molecule has 23 heavy (non-hydrogen) atoms. The summed E-state index contributed by atoms with van der Waals surface area (Å²) >= 11 is 0. The van der Waals surface area contributed by atoms with Crippen LogP contribution in [0.25, 0.3) is 11.2 Å². The third-order valence-electron chi connectivity index (χ3n) is 4.02. The van der Waals surface area contributed by atoms with Crippen LogP contribution in [0.2, 0.25) is 0 Å². The number of H-pyrrole nitrogens is 1. The Kier molecular flexibility index (Phi) is 5.36. The van der Waals surface area contributed by atoms with Crippen LogP contribution < -0.4 is 5.32 Å². The molecule has 0 aliphatic heterocycles. The highest BCUT2D eigenvalue weighted by Gasteiger charge is 2.21. The Bertz CT molecular complexity index is 678. The van der Waals surface area contributed by atoms with Gasteiger partial charge in [0.1, 0.15) is 5.52 Å². The Balaban J connectivity index is 2.20. The summed E-state index contributed by atoms with van der Waals surface area (Å²) < 4.78 is 5.17.